The molecular formula is C10H22N2O. The lowest BCUT2D eigenvalue weighted by Crippen LogP contribution is -2.28. The van der Waals surface area contributed by atoms with Crippen molar-refractivity contribution in [3.63, 3.8) is 0 Å². The van der Waals surface area contributed by atoms with E-state index in [0.29, 0.717) is 6.04 Å². The number of nitrogens with one attached hydrogen (secondary N) is 1. The van der Waals surface area contributed by atoms with Gasteiger partial charge in [-0.15, -0.1) is 0 Å². The highest BCUT2D eigenvalue weighted by molar-refractivity contribution is 5.80. The average Bonchev–Trinajstić information content (AvgIpc) is 2.02. The molecule has 0 aromatic heterocycles. The Bertz CT molecular complexity index is 146. The summed E-state index contributed by atoms with van der Waals surface area (Å²) in [5.41, 5.74) is 5.59. The Morgan fingerprint density at radius 1 is 1.38 bits per heavy atom. The van der Waals surface area contributed by atoms with Gasteiger partial charge in [0, 0.05) is 6.04 Å². The van der Waals surface area contributed by atoms with E-state index in [-0.39, 0.29) is 11.8 Å². The minimum Gasteiger partial charge on any atom is -0.322 e. The quantitative estimate of drug-likeness (QED) is 0.585. The molecule has 0 fully saturated rings. The second-order valence-electron chi connectivity index (χ2n) is 3.82. The smallest absolute Gasteiger partial charge is 0.146 e. The van der Waals surface area contributed by atoms with Crippen LogP contribution in [0.15, 0.2) is 0 Å². The highest BCUT2D eigenvalue weighted by Crippen LogP contribution is 1.99. The first kappa shape index (κ1) is 12.6. The molecule has 0 saturated heterocycles. The molecule has 0 radical (unpaired) electrons. The number of Topliss-reactive ketones (excluding diaryl/α,β-unsaturated/α-hetero) is 1. The van der Waals surface area contributed by atoms with E-state index in [4.69, 9.17) is 5.73 Å². The molecule has 3 heteroatoms. The fraction of sp³-hybridized carbons (Fsp3) is 0.900. The number of hydrogen-bond donors (Lipinski definition) is 2. The minimum absolute atomic E-state index is 0.0943. The number of rotatable bonds is 7. The van der Waals surface area contributed by atoms with E-state index in [1.807, 2.05) is 0 Å². The van der Waals surface area contributed by atoms with Crippen molar-refractivity contribution in [2.24, 2.45) is 5.73 Å². The van der Waals surface area contributed by atoms with Crippen LogP contribution in [0.1, 0.15) is 40.0 Å². The maximum atomic E-state index is 10.8. The molecule has 0 unspecified atom stereocenters. The fourth-order valence-electron chi connectivity index (χ4n) is 1.08. The lowest BCUT2D eigenvalue weighted by molar-refractivity contribution is -0.118. The SMILES string of the molecule is CC(=O)[C@@H](N)CCCCNC(C)C. The summed E-state index contributed by atoms with van der Waals surface area (Å²) in [4.78, 5) is 10.8. The first-order valence-corrected chi connectivity index (χ1v) is 5.03. The third kappa shape index (κ3) is 7.94. The predicted octanol–water partition coefficient (Wildman–Crippen LogP) is 1.07. The summed E-state index contributed by atoms with van der Waals surface area (Å²) >= 11 is 0. The number of hydrogen-bond acceptors (Lipinski definition) is 3. The van der Waals surface area contributed by atoms with Crippen molar-refractivity contribution in [2.45, 2.75) is 52.1 Å². The van der Waals surface area contributed by atoms with E-state index >= 15 is 0 Å². The summed E-state index contributed by atoms with van der Waals surface area (Å²) in [5, 5.41) is 3.32. The molecule has 0 aliphatic carbocycles. The van der Waals surface area contributed by atoms with Crippen molar-refractivity contribution >= 4 is 5.78 Å². The lowest BCUT2D eigenvalue weighted by Gasteiger charge is -2.09. The Morgan fingerprint density at radius 2 is 2.00 bits per heavy atom. The van der Waals surface area contributed by atoms with Gasteiger partial charge in [0.05, 0.1) is 6.04 Å². The van der Waals surface area contributed by atoms with Crippen LogP contribution in [-0.2, 0) is 4.79 Å². The summed E-state index contributed by atoms with van der Waals surface area (Å²) < 4.78 is 0. The predicted molar refractivity (Wildman–Crippen MR) is 55.6 cm³/mol. The third-order valence-electron chi connectivity index (χ3n) is 2.02. The van der Waals surface area contributed by atoms with Crippen LogP contribution in [0.3, 0.4) is 0 Å². The van der Waals surface area contributed by atoms with Gasteiger partial charge in [-0.2, -0.15) is 0 Å². The molecule has 0 bridgehead atoms. The fourth-order valence-corrected chi connectivity index (χ4v) is 1.08. The zero-order chi connectivity index (χ0) is 10.3. The minimum atomic E-state index is -0.251. The Labute approximate surface area is 81.1 Å². The number of carbonyl (C=O) groups excluding carboxylic acids is 1. The Morgan fingerprint density at radius 3 is 2.46 bits per heavy atom. The van der Waals surface area contributed by atoms with Crippen LogP contribution in [0.5, 0.6) is 0 Å². The number of ketones is 1. The van der Waals surface area contributed by atoms with Crippen molar-refractivity contribution in [1.29, 1.82) is 0 Å². The van der Waals surface area contributed by atoms with E-state index < -0.39 is 0 Å². The van der Waals surface area contributed by atoms with E-state index in [0.717, 1.165) is 25.8 Å². The molecule has 3 nitrogen and oxygen atoms in total. The van der Waals surface area contributed by atoms with Gasteiger partial charge < -0.3 is 11.1 Å². The van der Waals surface area contributed by atoms with Crippen LogP contribution in [0.2, 0.25) is 0 Å². The van der Waals surface area contributed by atoms with E-state index in [2.05, 4.69) is 19.2 Å². The van der Waals surface area contributed by atoms with E-state index in [1.54, 1.807) is 6.92 Å². The second-order valence-corrected chi connectivity index (χ2v) is 3.82. The number of carbonyl (C=O) groups is 1. The summed E-state index contributed by atoms with van der Waals surface area (Å²) in [6, 6.07) is 0.292. The van der Waals surface area contributed by atoms with Crippen LogP contribution in [-0.4, -0.2) is 24.4 Å². The first-order chi connectivity index (χ1) is 6.04. The van der Waals surface area contributed by atoms with Gasteiger partial charge in [0.1, 0.15) is 5.78 Å². The molecule has 0 aliphatic rings. The van der Waals surface area contributed by atoms with Crippen LogP contribution in [0.4, 0.5) is 0 Å². The topological polar surface area (TPSA) is 55.1 Å². The zero-order valence-corrected chi connectivity index (χ0v) is 8.97. The van der Waals surface area contributed by atoms with Gasteiger partial charge >= 0.3 is 0 Å². The molecule has 0 aromatic rings. The molecule has 13 heavy (non-hydrogen) atoms. The Balaban J connectivity index is 3.21. The van der Waals surface area contributed by atoms with Gasteiger partial charge in [-0.1, -0.05) is 20.3 Å². The summed E-state index contributed by atoms with van der Waals surface area (Å²) in [5.74, 6) is 0.0943. The van der Waals surface area contributed by atoms with Crippen molar-refractivity contribution in [1.82, 2.24) is 5.32 Å². The Hall–Kier alpha value is -0.410. The van der Waals surface area contributed by atoms with Gasteiger partial charge in [0.2, 0.25) is 0 Å². The molecule has 0 rings (SSSR count). The van der Waals surface area contributed by atoms with Gasteiger partial charge in [-0.3, -0.25) is 4.79 Å². The standard InChI is InChI=1S/C10H22N2O/c1-8(2)12-7-5-4-6-10(11)9(3)13/h8,10,12H,4-7,11H2,1-3H3/t10-/m0/s1. The maximum absolute atomic E-state index is 10.8. The monoisotopic (exact) mass is 186 g/mol. The van der Waals surface area contributed by atoms with E-state index in [9.17, 15) is 4.79 Å². The van der Waals surface area contributed by atoms with Crippen LogP contribution in [0, 0.1) is 0 Å². The molecule has 0 aromatic carbocycles. The lowest BCUT2D eigenvalue weighted by atomic mass is 10.1. The van der Waals surface area contributed by atoms with Gasteiger partial charge in [-0.05, 0) is 26.3 Å². The molecule has 0 amide bonds. The Kier molecular flexibility index (Phi) is 6.82. The second kappa shape index (κ2) is 7.04. The summed E-state index contributed by atoms with van der Waals surface area (Å²) in [7, 11) is 0. The van der Waals surface area contributed by atoms with Crippen molar-refractivity contribution in [2.75, 3.05) is 6.54 Å². The summed E-state index contributed by atoms with van der Waals surface area (Å²) in [6.07, 6.45) is 2.94. The highest BCUT2D eigenvalue weighted by atomic mass is 16.1. The average molecular weight is 186 g/mol. The van der Waals surface area contributed by atoms with Gasteiger partial charge in [0.15, 0.2) is 0 Å². The van der Waals surface area contributed by atoms with Crippen LogP contribution < -0.4 is 11.1 Å². The molecular weight excluding hydrogens is 164 g/mol. The number of nitrogens with two attached hydrogens (primary N) is 1. The van der Waals surface area contributed by atoms with Crippen LogP contribution >= 0.6 is 0 Å². The van der Waals surface area contributed by atoms with Crippen molar-refractivity contribution < 1.29 is 4.79 Å². The molecule has 0 heterocycles. The van der Waals surface area contributed by atoms with Crippen molar-refractivity contribution in [3.05, 3.63) is 0 Å². The maximum Gasteiger partial charge on any atom is 0.146 e. The largest absolute Gasteiger partial charge is 0.322 e. The molecule has 0 spiro atoms. The molecule has 78 valence electrons. The number of unbranched alkanes of at least 4 members (excludes halogenated alkanes) is 1. The zero-order valence-electron chi connectivity index (χ0n) is 8.97. The highest BCUT2D eigenvalue weighted by Gasteiger charge is 2.06. The van der Waals surface area contributed by atoms with E-state index in [1.165, 1.54) is 0 Å². The molecule has 3 N–H and O–H groups in total. The van der Waals surface area contributed by atoms with Gasteiger partial charge in [-0.25, -0.2) is 0 Å². The molecule has 0 saturated carbocycles. The first-order valence-electron chi connectivity index (χ1n) is 5.03. The van der Waals surface area contributed by atoms with Gasteiger partial charge in [0.25, 0.3) is 0 Å². The molecule has 0 aliphatic heterocycles. The van der Waals surface area contributed by atoms with Crippen LogP contribution in [0.25, 0.3) is 0 Å². The summed E-state index contributed by atoms with van der Waals surface area (Å²) in [6.45, 7) is 6.82. The third-order valence-corrected chi connectivity index (χ3v) is 2.02. The molecule has 1 atom stereocenters. The normalized spacial score (nSPS) is 13.3. The van der Waals surface area contributed by atoms with Crippen molar-refractivity contribution in [3.8, 4) is 0 Å².